The van der Waals surface area contributed by atoms with Gasteiger partial charge in [0.05, 0.1) is 40.4 Å². The molecule has 172 valence electrons. The van der Waals surface area contributed by atoms with E-state index in [0.29, 0.717) is 0 Å². The summed E-state index contributed by atoms with van der Waals surface area (Å²) in [5.41, 5.74) is 0.478. The van der Waals surface area contributed by atoms with E-state index in [2.05, 4.69) is 19.7 Å². The van der Waals surface area contributed by atoms with E-state index in [1.54, 1.807) is 0 Å². The van der Waals surface area contributed by atoms with E-state index < -0.39 is 36.3 Å². The molecule has 0 fully saturated rings. The number of ether oxygens (including phenoxy) is 4. The van der Waals surface area contributed by atoms with Crippen molar-refractivity contribution in [3.63, 3.8) is 0 Å². The van der Waals surface area contributed by atoms with Gasteiger partial charge in [-0.15, -0.1) is 0 Å². The third-order valence-corrected chi connectivity index (χ3v) is 5.37. The van der Waals surface area contributed by atoms with E-state index in [4.69, 9.17) is 14.2 Å². The maximum Gasteiger partial charge on any atom is 0.433 e. The second-order valence-electron chi connectivity index (χ2n) is 6.57. The molecule has 14 heteroatoms. The number of pyridine rings is 1. The number of nitrogens with zero attached hydrogens (tertiary/aromatic N) is 2. The minimum Gasteiger partial charge on any atom is -0.493 e. The van der Waals surface area contributed by atoms with E-state index in [-0.39, 0.29) is 50.6 Å². The lowest BCUT2D eigenvalue weighted by molar-refractivity contribution is -0.208. The molecule has 0 saturated heterocycles. The highest BCUT2D eigenvalue weighted by atomic mass is 32.2. The lowest BCUT2D eigenvalue weighted by atomic mass is 10.2. The summed E-state index contributed by atoms with van der Waals surface area (Å²) in [4.78, 5) is 10.8. The van der Waals surface area contributed by atoms with Gasteiger partial charge in [0.1, 0.15) is 0 Å². The molecule has 0 aliphatic carbocycles. The minimum atomic E-state index is -4.60. The summed E-state index contributed by atoms with van der Waals surface area (Å²) in [6.07, 6.45) is -6.82. The topological polar surface area (TPSA) is 95.6 Å². The lowest BCUT2D eigenvalue weighted by Crippen LogP contribution is -2.35. The molecule has 2 aromatic heterocycles. The summed E-state index contributed by atoms with van der Waals surface area (Å²) in [5.74, 6) is -0.828. The summed E-state index contributed by atoms with van der Waals surface area (Å²) in [5, 5.41) is -0.0551. The number of rotatable bonds is 6. The van der Waals surface area contributed by atoms with E-state index in [0.717, 1.165) is 0 Å². The van der Waals surface area contributed by atoms with Crippen molar-refractivity contribution < 1.29 is 45.1 Å². The number of fused-ring (bicyclic) bond motifs is 2. The highest BCUT2D eigenvalue weighted by molar-refractivity contribution is 7.84. The average molecular weight is 479 g/mol. The number of imidazole rings is 1. The molecular weight excluding hydrogens is 465 g/mol. The molecule has 8 nitrogen and oxygen atoms in total. The summed E-state index contributed by atoms with van der Waals surface area (Å²) in [7, 11) is -0.664. The molecule has 0 saturated carbocycles. The van der Waals surface area contributed by atoms with Crippen molar-refractivity contribution in [2.45, 2.75) is 23.2 Å². The van der Waals surface area contributed by atoms with Crippen molar-refractivity contribution in [3.05, 3.63) is 30.1 Å². The molecule has 1 atom stereocenters. The number of aromatic amines is 1. The number of benzene rings is 1. The Balaban J connectivity index is 1.60. The van der Waals surface area contributed by atoms with Gasteiger partial charge in [0, 0.05) is 24.4 Å². The highest BCUT2D eigenvalue weighted by Crippen LogP contribution is 2.39. The van der Waals surface area contributed by atoms with Crippen molar-refractivity contribution in [2.75, 3.05) is 20.3 Å². The molecule has 0 amide bonds. The summed E-state index contributed by atoms with van der Waals surface area (Å²) in [6.45, 7) is -2.55. The maximum absolute atomic E-state index is 13.4. The fraction of sp³-hybridized carbons (Fsp3) is 0.333. The molecule has 1 aliphatic heterocycles. The van der Waals surface area contributed by atoms with Crippen molar-refractivity contribution >= 4 is 21.8 Å². The monoisotopic (exact) mass is 479 g/mol. The number of methoxy groups -OCH3 is 1. The van der Waals surface area contributed by atoms with Crippen molar-refractivity contribution in [1.29, 1.82) is 0 Å². The number of hydrogen-bond donors (Lipinski definition) is 1. The van der Waals surface area contributed by atoms with Crippen LogP contribution >= 0.6 is 0 Å². The first-order valence-electron chi connectivity index (χ1n) is 8.88. The molecule has 1 N–H and O–H groups in total. The zero-order valence-corrected chi connectivity index (χ0v) is 17.0. The Morgan fingerprint density at radius 3 is 2.78 bits per heavy atom. The van der Waals surface area contributed by atoms with Crippen LogP contribution in [-0.2, 0) is 16.6 Å². The van der Waals surface area contributed by atoms with Gasteiger partial charge in [0.25, 0.3) is 0 Å². The Bertz CT molecular complexity index is 1180. The highest BCUT2D eigenvalue weighted by Gasteiger charge is 2.38. The fourth-order valence-electron chi connectivity index (χ4n) is 2.88. The third kappa shape index (κ3) is 4.69. The van der Waals surface area contributed by atoms with Gasteiger partial charge in [-0.2, -0.15) is 22.0 Å². The molecule has 1 aliphatic rings. The molecule has 3 heterocycles. The van der Waals surface area contributed by atoms with Crippen molar-refractivity contribution in [2.24, 2.45) is 0 Å². The molecule has 4 rings (SSSR count). The largest absolute Gasteiger partial charge is 0.493 e. The number of aromatic nitrogens is 3. The Morgan fingerprint density at radius 2 is 2.06 bits per heavy atom. The van der Waals surface area contributed by atoms with E-state index in [1.807, 2.05) is 0 Å². The van der Waals surface area contributed by atoms with Crippen molar-refractivity contribution in [1.82, 2.24) is 15.0 Å². The van der Waals surface area contributed by atoms with Crippen LogP contribution < -0.4 is 18.9 Å². The standard InChI is InChI=1S/C18H14F5N3O5S/c1-28-12-2-3-24-11(15(12)30-7-17(19,20)21)6-32(27)16-25-9-4-13-14(5-10(9)26-16)31-18(22,23)8-29-13/h2-5H,6-8H2,1H3,(H,25,26). The van der Waals surface area contributed by atoms with Crippen LogP contribution in [0.1, 0.15) is 5.69 Å². The Kier molecular flexibility index (Phi) is 5.56. The average Bonchev–Trinajstić information content (AvgIpc) is 3.12. The first kappa shape index (κ1) is 22.0. The van der Waals surface area contributed by atoms with Gasteiger partial charge < -0.3 is 23.9 Å². The molecule has 0 spiro atoms. The smallest absolute Gasteiger partial charge is 0.433 e. The quantitative estimate of drug-likeness (QED) is 0.540. The first-order valence-corrected chi connectivity index (χ1v) is 10.2. The maximum atomic E-state index is 13.4. The van der Waals surface area contributed by atoms with Crippen LogP contribution in [0.4, 0.5) is 22.0 Å². The number of nitrogens with one attached hydrogen (secondary N) is 1. The molecule has 1 aromatic carbocycles. The normalized spacial score (nSPS) is 16.1. The summed E-state index contributed by atoms with van der Waals surface area (Å²) in [6, 6.07) is 3.88. The van der Waals surface area contributed by atoms with Crippen LogP contribution in [0.15, 0.2) is 29.6 Å². The van der Waals surface area contributed by atoms with Gasteiger partial charge in [-0.3, -0.25) is 9.19 Å². The van der Waals surface area contributed by atoms with Gasteiger partial charge in [0.2, 0.25) is 0 Å². The first-order chi connectivity index (χ1) is 15.0. The predicted molar refractivity (Wildman–Crippen MR) is 99.6 cm³/mol. The molecule has 0 radical (unpaired) electrons. The van der Waals surface area contributed by atoms with Gasteiger partial charge >= 0.3 is 12.3 Å². The van der Waals surface area contributed by atoms with Crippen LogP contribution in [0.2, 0.25) is 0 Å². The molecular formula is C18H14F5N3O5S. The molecule has 3 aromatic rings. The lowest BCUT2D eigenvalue weighted by Gasteiger charge is -2.25. The fourth-order valence-corrected chi connectivity index (χ4v) is 3.90. The van der Waals surface area contributed by atoms with Crippen LogP contribution in [-0.4, -0.2) is 51.8 Å². The van der Waals surface area contributed by atoms with Gasteiger partial charge in [-0.25, -0.2) is 4.98 Å². The van der Waals surface area contributed by atoms with E-state index >= 15 is 0 Å². The molecule has 0 bridgehead atoms. The van der Waals surface area contributed by atoms with E-state index in [1.165, 1.54) is 31.5 Å². The second kappa shape index (κ2) is 8.07. The number of alkyl halides is 5. The molecule has 1 unspecified atom stereocenters. The van der Waals surface area contributed by atoms with Crippen LogP contribution in [0.5, 0.6) is 23.0 Å². The Morgan fingerprint density at radius 1 is 1.28 bits per heavy atom. The zero-order valence-electron chi connectivity index (χ0n) is 16.2. The number of halogens is 5. The second-order valence-corrected chi connectivity index (χ2v) is 7.94. The van der Waals surface area contributed by atoms with Gasteiger partial charge in [-0.1, -0.05) is 0 Å². The summed E-state index contributed by atoms with van der Waals surface area (Å²) >= 11 is 0. The van der Waals surface area contributed by atoms with E-state index in [9.17, 15) is 26.2 Å². The SMILES string of the molecule is COc1ccnc(CS(=O)c2nc3cc4c(cc3[nH]2)OC(F)(F)CO4)c1OCC(F)(F)F. The predicted octanol–water partition coefficient (Wildman–Crippen LogP) is 3.58. The van der Waals surface area contributed by atoms with Gasteiger partial charge in [0.15, 0.2) is 41.4 Å². The Hall–Kier alpha value is -3.16. The van der Waals surface area contributed by atoms with Crippen LogP contribution in [0.3, 0.4) is 0 Å². The van der Waals surface area contributed by atoms with Gasteiger partial charge in [-0.05, 0) is 0 Å². The zero-order chi connectivity index (χ0) is 23.1. The number of hydrogen-bond acceptors (Lipinski definition) is 7. The minimum absolute atomic E-state index is 0.0104. The number of H-pyrrole nitrogens is 1. The van der Waals surface area contributed by atoms with Crippen molar-refractivity contribution in [3.8, 4) is 23.0 Å². The van der Waals surface area contributed by atoms with Crippen LogP contribution in [0, 0.1) is 0 Å². The Labute approximate surface area is 179 Å². The summed E-state index contributed by atoms with van der Waals surface area (Å²) < 4.78 is 96.8. The third-order valence-electron chi connectivity index (χ3n) is 4.21. The molecule has 32 heavy (non-hydrogen) atoms. The van der Waals surface area contributed by atoms with Crippen LogP contribution in [0.25, 0.3) is 11.0 Å².